The summed E-state index contributed by atoms with van der Waals surface area (Å²) in [6.07, 6.45) is 12.8. The van der Waals surface area contributed by atoms with Gasteiger partial charge in [-0.15, -0.1) is 12.8 Å². The minimum atomic E-state index is -2.49. The zero-order valence-electron chi connectivity index (χ0n) is 31.2. The molecule has 2 aliphatic heterocycles. The normalized spacial score (nSPS) is 14.2. The van der Waals surface area contributed by atoms with Crippen LogP contribution in [0.5, 0.6) is 0 Å². The zero-order chi connectivity index (χ0) is 37.4. The monoisotopic (exact) mass is 684 g/mol. The van der Waals surface area contributed by atoms with Gasteiger partial charge in [-0.25, -0.2) is 17.6 Å². The van der Waals surface area contributed by atoms with Crippen molar-refractivity contribution in [3.8, 4) is 35.1 Å². The molecule has 0 fully saturated rings. The van der Waals surface area contributed by atoms with Gasteiger partial charge in [0.1, 0.15) is 0 Å². The topological polar surface area (TPSA) is 42.1 Å². The van der Waals surface area contributed by atoms with Gasteiger partial charge in [-0.05, 0) is 71.7 Å². The molecule has 0 spiro atoms. The van der Waals surface area contributed by atoms with E-state index >= 15 is 0 Å². The second-order valence-corrected chi connectivity index (χ2v) is 11.3. The van der Waals surface area contributed by atoms with Crippen LogP contribution in [0.25, 0.3) is 22.3 Å². The van der Waals surface area contributed by atoms with Crippen LogP contribution in [-0.2, 0) is 26.9 Å². The fourth-order valence-corrected chi connectivity index (χ4v) is 5.99. The molecular formula is C39H56F4N6. The number of benzene rings is 2. The second kappa shape index (κ2) is 21.0. The van der Waals surface area contributed by atoms with Crippen LogP contribution in [0.4, 0.5) is 28.9 Å². The van der Waals surface area contributed by atoms with E-state index in [2.05, 4.69) is 39.8 Å². The highest BCUT2D eigenvalue weighted by atomic mass is 19.3. The van der Waals surface area contributed by atoms with Gasteiger partial charge >= 0.3 is 0 Å². The van der Waals surface area contributed by atoms with Crippen LogP contribution in [0.1, 0.15) is 90.0 Å². The van der Waals surface area contributed by atoms with Crippen LogP contribution in [0.15, 0.2) is 49.1 Å². The molecule has 0 bridgehead atoms. The van der Waals surface area contributed by atoms with E-state index in [9.17, 15) is 17.6 Å². The summed E-state index contributed by atoms with van der Waals surface area (Å²) >= 11 is 0. The number of alkyl halides is 4. The number of aromatic nitrogens is 4. The van der Waals surface area contributed by atoms with Crippen molar-refractivity contribution in [2.45, 2.75) is 80.6 Å². The Kier molecular flexibility index (Phi) is 18.3. The van der Waals surface area contributed by atoms with Crippen LogP contribution in [0, 0.1) is 18.8 Å². The molecule has 0 unspecified atom stereocenters. The van der Waals surface area contributed by atoms with Gasteiger partial charge in [0.15, 0.2) is 0 Å². The lowest BCUT2D eigenvalue weighted by Crippen LogP contribution is -2.30. The minimum Gasteiger partial charge on any atom is -0.374 e. The first-order chi connectivity index (χ1) is 23.5. The average molecular weight is 685 g/mol. The van der Waals surface area contributed by atoms with Crippen LogP contribution < -0.4 is 9.80 Å². The predicted octanol–water partition coefficient (Wildman–Crippen LogP) is 10.4. The van der Waals surface area contributed by atoms with Gasteiger partial charge in [-0.1, -0.05) is 48.5 Å². The molecule has 49 heavy (non-hydrogen) atoms. The molecular weight excluding hydrogens is 628 g/mol. The summed E-state index contributed by atoms with van der Waals surface area (Å²) in [7, 11) is 7.50. The smallest absolute Gasteiger partial charge is 0.264 e. The van der Waals surface area contributed by atoms with Crippen LogP contribution >= 0.6 is 0 Å². The van der Waals surface area contributed by atoms with Gasteiger partial charge < -0.3 is 9.80 Å². The fraction of sp³-hybridized carbons (Fsp3) is 0.487. The number of terminal acetylenes is 1. The van der Waals surface area contributed by atoms with Gasteiger partial charge in [0.2, 0.25) is 0 Å². The third-order valence-electron chi connectivity index (χ3n) is 7.92. The number of nitrogens with zero attached hydrogens (tertiary/aromatic N) is 6. The van der Waals surface area contributed by atoms with Crippen molar-refractivity contribution < 1.29 is 17.6 Å². The molecule has 4 heterocycles. The van der Waals surface area contributed by atoms with E-state index in [1.807, 2.05) is 67.8 Å². The summed E-state index contributed by atoms with van der Waals surface area (Å²) in [5.74, 6) is 0.529. The number of aryl methyl sites for hydroxylation is 3. The Balaban J connectivity index is 0.000000408. The van der Waals surface area contributed by atoms with Crippen molar-refractivity contribution in [2.24, 2.45) is 20.0 Å². The molecule has 0 N–H and O–H groups in total. The summed E-state index contributed by atoms with van der Waals surface area (Å²) in [5.41, 5.74) is 7.00. The highest BCUT2D eigenvalue weighted by Crippen LogP contribution is 2.40. The van der Waals surface area contributed by atoms with Crippen molar-refractivity contribution in [1.82, 2.24) is 19.6 Å². The lowest BCUT2D eigenvalue weighted by Gasteiger charge is -2.32. The Morgan fingerprint density at radius 3 is 1.51 bits per heavy atom. The summed E-state index contributed by atoms with van der Waals surface area (Å²) in [6.45, 7) is 16.0. The molecule has 2 aliphatic rings. The standard InChI is InChI=1S/C16H19F2N3.C15H17F2N3.3C2H6.C2H2/c1-10-4-11-5-13(12-7-19-21(3)9-12)14(16(17)18)6-15(11)20(2)8-10;1-19-5-3-4-10-6-12(11-8-18-20(2)9-11)13(15(16)17)7-14(10)19;4*1-2/h5-7,9-10,16H,4,8H2,1-3H3;6-9,15H,3-5H2,1-2H3;3*1-2H3;1-2H/t10-;;;;;/m1...../s1. The molecule has 0 aliphatic carbocycles. The van der Waals surface area contributed by atoms with Crippen molar-refractivity contribution in [1.29, 1.82) is 0 Å². The van der Waals surface area contributed by atoms with E-state index in [1.165, 1.54) is 0 Å². The molecule has 6 rings (SSSR count). The van der Waals surface area contributed by atoms with E-state index in [1.54, 1.807) is 60.4 Å². The highest BCUT2D eigenvalue weighted by Gasteiger charge is 2.25. The molecule has 0 saturated carbocycles. The number of rotatable bonds is 4. The highest BCUT2D eigenvalue weighted by molar-refractivity contribution is 5.74. The Morgan fingerprint density at radius 1 is 0.673 bits per heavy atom. The Morgan fingerprint density at radius 2 is 1.10 bits per heavy atom. The van der Waals surface area contributed by atoms with Crippen molar-refractivity contribution >= 4 is 11.4 Å². The quantitative estimate of drug-likeness (QED) is 0.159. The Hall–Kier alpha value is -4.26. The Bertz CT molecular complexity index is 1570. The largest absolute Gasteiger partial charge is 0.374 e. The lowest BCUT2D eigenvalue weighted by molar-refractivity contribution is 0.151. The predicted molar refractivity (Wildman–Crippen MR) is 199 cm³/mol. The first-order valence-electron chi connectivity index (χ1n) is 17.1. The maximum atomic E-state index is 13.4. The molecule has 2 aromatic heterocycles. The Labute approximate surface area is 292 Å². The maximum absolute atomic E-state index is 13.4. The summed E-state index contributed by atoms with van der Waals surface area (Å²) < 4.78 is 56.9. The third kappa shape index (κ3) is 10.9. The van der Waals surface area contributed by atoms with Crippen LogP contribution in [0.2, 0.25) is 0 Å². The molecule has 270 valence electrons. The molecule has 4 aromatic rings. The third-order valence-corrected chi connectivity index (χ3v) is 7.92. The SMILES string of the molecule is C#C.CC.CC.CC.CN1CCCc2cc(-c3cnn(C)c3)c(C(F)F)cc21.C[C@@H]1Cc2cc(-c3cnn(C)c3)c(C(F)F)cc2N(C)C1. The number of hydrogen-bond acceptors (Lipinski definition) is 4. The van der Waals surface area contributed by atoms with E-state index < -0.39 is 12.9 Å². The van der Waals surface area contributed by atoms with Crippen LogP contribution in [0.3, 0.4) is 0 Å². The molecule has 2 aromatic carbocycles. The number of hydrogen-bond donors (Lipinski definition) is 0. The first-order valence-corrected chi connectivity index (χ1v) is 17.1. The summed E-state index contributed by atoms with van der Waals surface area (Å²) in [4.78, 5) is 4.13. The molecule has 10 heteroatoms. The van der Waals surface area contributed by atoms with Crippen molar-refractivity contribution in [3.63, 3.8) is 0 Å². The van der Waals surface area contributed by atoms with E-state index in [0.29, 0.717) is 17.0 Å². The maximum Gasteiger partial charge on any atom is 0.264 e. The van der Waals surface area contributed by atoms with Gasteiger partial charge in [-0.3, -0.25) is 9.36 Å². The number of halogens is 4. The molecule has 0 amide bonds. The molecule has 1 atom stereocenters. The number of fused-ring (bicyclic) bond motifs is 2. The molecule has 6 nitrogen and oxygen atoms in total. The summed E-state index contributed by atoms with van der Waals surface area (Å²) in [6, 6.07) is 7.11. The fourth-order valence-electron chi connectivity index (χ4n) is 5.99. The van der Waals surface area contributed by atoms with Gasteiger partial charge in [0, 0.05) is 87.3 Å². The van der Waals surface area contributed by atoms with Crippen molar-refractivity contribution in [3.05, 3.63) is 71.3 Å². The van der Waals surface area contributed by atoms with Crippen LogP contribution in [-0.4, -0.2) is 46.7 Å². The van der Waals surface area contributed by atoms with E-state index in [-0.39, 0.29) is 11.1 Å². The minimum absolute atomic E-state index is 0.0863. The van der Waals surface area contributed by atoms with Gasteiger partial charge in [-0.2, -0.15) is 10.2 Å². The molecule has 0 radical (unpaired) electrons. The summed E-state index contributed by atoms with van der Waals surface area (Å²) in [5, 5.41) is 8.18. The molecule has 0 saturated heterocycles. The first kappa shape index (κ1) is 42.8. The van der Waals surface area contributed by atoms with Crippen molar-refractivity contribution in [2.75, 3.05) is 37.0 Å². The van der Waals surface area contributed by atoms with E-state index in [0.717, 1.165) is 66.0 Å². The van der Waals surface area contributed by atoms with Gasteiger partial charge in [0.25, 0.3) is 12.9 Å². The van der Waals surface area contributed by atoms with E-state index in [4.69, 9.17) is 0 Å². The number of anilines is 2. The zero-order valence-corrected chi connectivity index (χ0v) is 31.2. The second-order valence-electron chi connectivity index (χ2n) is 11.3. The average Bonchev–Trinajstić information content (AvgIpc) is 3.75. The lowest BCUT2D eigenvalue weighted by atomic mass is 9.89. The van der Waals surface area contributed by atoms with Gasteiger partial charge in [0.05, 0.1) is 12.4 Å².